The molecule has 0 spiro atoms. The van der Waals surface area contributed by atoms with E-state index >= 15 is 0 Å². The van der Waals surface area contributed by atoms with Gasteiger partial charge in [-0.25, -0.2) is 0 Å². The largest absolute Gasteiger partial charge is 0.475 e. The van der Waals surface area contributed by atoms with Gasteiger partial charge in [0.1, 0.15) is 5.69 Å². The number of aromatic nitrogens is 2. The van der Waals surface area contributed by atoms with Gasteiger partial charge < -0.3 is 9.64 Å². The first-order chi connectivity index (χ1) is 12.4. The zero-order valence-corrected chi connectivity index (χ0v) is 13.4. The molecule has 0 saturated carbocycles. The standard InChI is InChI=1S/C14H18F5N3OS/c1-22-7-4-5-10(9-22)11-12(21-24-20-11)23-8-3-2-6-13(15,16)14(17,18)19/h5H,2-4,6-9H2,1H3/i1D3. The second kappa shape index (κ2) is 7.73. The summed E-state index contributed by atoms with van der Waals surface area (Å²) >= 11 is 0.846. The van der Waals surface area contributed by atoms with Crippen molar-refractivity contribution >= 4 is 17.3 Å². The zero-order chi connectivity index (χ0) is 20.3. The third kappa shape index (κ3) is 4.85. The molecule has 0 amide bonds. The van der Waals surface area contributed by atoms with Gasteiger partial charge in [0, 0.05) is 23.6 Å². The van der Waals surface area contributed by atoms with E-state index in [1.54, 1.807) is 0 Å². The highest BCUT2D eigenvalue weighted by molar-refractivity contribution is 6.99. The highest BCUT2D eigenvalue weighted by Gasteiger charge is 2.56. The molecule has 2 heterocycles. The van der Waals surface area contributed by atoms with Crippen molar-refractivity contribution in [2.24, 2.45) is 0 Å². The Kier molecular flexibility index (Phi) is 4.83. The Balaban J connectivity index is 1.86. The number of alkyl halides is 5. The van der Waals surface area contributed by atoms with Crippen LogP contribution in [0.3, 0.4) is 0 Å². The van der Waals surface area contributed by atoms with Crippen LogP contribution in [0, 0.1) is 0 Å². The van der Waals surface area contributed by atoms with Crippen molar-refractivity contribution < 1.29 is 30.8 Å². The van der Waals surface area contributed by atoms with Crippen LogP contribution in [-0.4, -0.2) is 52.4 Å². The Labute approximate surface area is 144 Å². The highest BCUT2D eigenvalue weighted by atomic mass is 32.1. The van der Waals surface area contributed by atoms with Crippen LogP contribution in [0.2, 0.25) is 0 Å². The average molecular weight is 374 g/mol. The monoisotopic (exact) mass is 374 g/mol. The molecule has 1 aliphatic rings. The molecule has 136 valence electrons. The minimum Gasteiger partial charge on any atom is -0.475 e. The SMILES string of the molecule is [2H]C([2H])([2H])N1CCC=C(c2nsnc2OCCCCC(F)(F)C(F)(F)F)C1. The van der Waals surface area contributed by atoms with Crippen LogP contribution in [-0.2, 0) is 0 Å². The number of unbranched alkanes of at least 4 members (excludes halogenated alkanes) is 1. The molecule has 0 saturated heterocycles. The van der Waals surface area contributed by atoms with E-state index in [0.717, 1.165) is 11.7 Å². The van der Waals surface area contributed by atoms with Crippen LogP contribution >= 0.6 is 11.7 Å². The minimum atomic E-state index is -5.55. The topological polar surface area (TPSA) is 38.2 Å². The van der Waals surface area contributed by atoms with Gasteiger partial charge >= 0.3 is 12.1 Å². The maximum atomic E-state index is 12.8. The molecule has 0 aromatic carbocycles. The van der Waals surface area contributed by atoms with Crippen LogP contribution in [0.4, 0.5) is 22.0 Å². The summed E-state index contributed by atoms with van der Waals surface area (Å²) in [7, 11) is 0. The number of hydrogen-bond donors (Lipinski definition) is 0. The molecule has 2 rings (SSSR count). The van der Waals surface area contributed by atoms with E-state index in [4.69, 9.17) is 8.85 Å². The predicted molar refractivity (Wildman–Crippen MR) is 80.3 cm³/mol. The maximum Gasteiger partial charge on any atom is 0.453 e. The van der Waals surface area contributed by atoms with E-state index in [1.165, 1.54) is 4.90 Å². The number of rotatable bonds is 7. The van der Waals surface area contributed by atoms with Gasteiger partial charge in [-0.1, -0.05) is 6.08 Å². The molecule has 0 aliphatic carbocycles. The third-order valence-electron chi connectivity index (χ3n) is 3.45. The number of likely N-dealkylation sites (N-methyl/N-ethyl adjacent to an activating group) is 1. The van der Waals surface area contributed by atoms with Crippen molar-refractivity contribution in [1.82, 2.24) is 13.6 Å². The van der Waals surface area contributed by atoms with Crippen LogP contribution in [0.15, 0.2) is 6.08 Å². The number of halogens is 5. The maximum absolute atomic E-state index is 12.8. The normalized spacial score (nSPS) is 19.4. The van der Waals surface area contributed by atoms with Gasteiger partial charge in [0.15, 0.2) is 0 Å². The summed E-state index contributed by atoms with van der Waals surface area (Å²) in [4.78, 5) is 1.31. The van der Waals surface area contributed by atoms with Gasteiger partial charge in [0.2, 0.25) is 0 Å². The molecule has 0 atom stereocenters. The lowest BCUT2D eigenvalue weighted by Crippen LogP contribution is -2.36. The van der Waals surface area contributed by atoms with Crippen molar-refractivity contribution in [1.29, 1.82) is 0 Å². The first-order valence-corrected chi connectivity index (χ1v) is 7.99. The highest BCUT2D eigenvalue weighted by Crippen LogP contribution is 2.39. The van der Waals surface area contributed by atoms with E-state index in [1.807, 2.05) is 6.08 Å². The number of ether oxygens (including phenoxy) is 1. The molecular weight excluding hydrogens is 353 g/mol. The third-order valence-corrected chi connectivity index (χ3v) is 3.96. The van der Waals surface area contributed by atoms with Gasteiger partial charge in [-0.2, -0.15) is 26.3 Å². The molecule has 1 aliphatic heterocycles. The average Bonchev–Trinajstić information content (AvgIpc) is 3.01. The second-order valence-electron chi connectivity index (χ2n) is 5.37. The van der Waals surface area contributed by atoms with E-state index in [0.29, 0.717) is 24.2 Å². The fourth-order valence-corrected chi connectivity index (χ4v) is 2.68. The molecule has 1 aromatic heterocycles. The summed E-state index contributed by atoms with van der Waals surface area (Å²) in [6, 6.07) is 0. The minimum absolute atomic E-state index is 0.0108. The van der Waals surface area contributed by atoms with Crippen LogP contribution < -0.4 is 4.74 Å². The number of nitrogens with zero attached hydrogens (tertiary/aromatic N) is 3. The zero-order valence-electron chi connectivity index (χ0n) is 15.6. The van der Waals surface area contributed by atoms with E-state index < -0.39 is 25.5 Å². The summed E-state index contributed by atoms with van der Waals surface area (Å²) in [6.45, 7) is -1.83. The second-order valence-corrected chi connectivity index (χ2v) is 5.89. The lowest BCUT2D eigenvalue weighted by Gasteiger charge is -2.22. The molecule has 24 heavy (non-hydrogen) atoms. The summed E-state index contributed by atoms with van der Waals surface area (Å²) < 4.78 is 97.7. The van der Waals surface area contributed by atoms with Crippen molar-refractivity contribution in [2.45, 2.75) is 37.8 Å². The summed E-state index contributed by atoms with van der Waals surface area (Å²) in [5, 5.41) is 0. The smallest absolute Gasteiger partial charge is 0.453 e. The van der Waals surface area contributed by atoms with Crippen molar-refractivity contribution in [3.63, 3.8) is 0 Å². The summed E-state index contributed by atoms with van der Waals surface area (Å²) in [5.41, 5.74) is 0.999. The summed E-state index contributed by atoms with van der Waals surface area (Å²) in [5.74, 6) is -4.59. The lowest BCUT2D eigenvalue weighted by molar-refractivity contribution is -0.284. The predicted octanol–water partition coefficient (Wildman–Crippen LogP) is 4.00. The molecule has 0 fully saturated rings. The van der Waals surface area contributed by atoms with E-state index in [-0.39, 0.29) is 31.9 Å². The van der Waals surface area contributed by atoms with E-state index in [2.05, 4.69) is 8.75 Å². The fourth-order valence-electron chi connectivity index (χ4n) is 2.15. The van der Waals surface area contributed by atoms with Crippen LogP contribution in [0.5, 0.6) is 5.88 Å². The number of hydrogen-bond acceptors (Lipinski definition) is 5. The molecule has 0 radical (unpaired) electrons. The van der Waals surface area contributed by atoms with Gasteiger partial charge in [0.05, 0.1) is 18.3 Å². The Morgan fingerprint density at radius 3 is 2.79 bits per heavy atom. The van der Waals surface area contributed by atoms with Gasteiger partial charge in [-0.05, 0) is 31.8 Å². The Morgan fingerprint density at radius 1 is 1.29 bits per heavy atom. The molecule has 4 nitrogen and oxygen atoms in total. The van der Waals surface area contributed by atoms with Crippen LogP contribution in [0.25, 0.3) is 5.57 Å². The van der Waals surface area contributed by atoms with Crippen molar-refractivity contribution in [3.05, 3.63) is 11.8 Å². The van der Waals surface area contributed by atoms with E-state index in [9.17, 15) is 22.0 Å². The van der Waals surface area contributed by atoms with Gasteiger partial charge in [-0.3, -0.25) is 0 Å². The quantitative estimate of drug-likeness (QED) is 0.534. The Morgan fingerprint density at radius 2 is 2.08 bits per heavy atom. The van der Waals surface area contributed by atoms with Gasteiger partial charge in [-0.15, -0.1) is 4.37 Å². The molecular formula is C14H18F5N3OS. The molecule has 1 aromatic rings. The van der Waals surface area contributed by atoms with Crippen molar-refractivity contribution in [2.75, 3.05) is 26.7 Å². The lowest BCUT2D eigenvalue weighted by atomic mass is 10.1. The fraction of sp³-hybridized carbons (Fsp3) is 0.714. The Bertz CT molecular complexity index is 663. The molecule has 0 unspecified atom stereocenters. The molecule has 0 N–H and O–H groups in total. The van der Waals surface area contributed by atoms with Crippen LogP contribution in [0.1, 0.15) is 35.5 Å². The van der Waals surface area contributed by atoms with Crippen molar-refractivity contribution in [3.8, 4) is 5.88 Å². The Hall–Kier alpha value is -1.29. The van der Waals surface area contributed by atoms with Gasteiger partial charge in [0.25, 0.3) is 5.88 Å². The summed E-state index contributed by atoms with van der Waals surface area (Å²) in [6.07, 6.45) is -4.90. The first-order valence-electron chi connectivity index (χ1n) is 8.76. The molecule has 0 bridgehead atoms. The first kappa shape index (κ1) is 15.0. The molecule has 10 heteroatoms.